The Morgan fingerprint density at radius 2 is 2.33 bits per heavy atom. The zero-order valence-corrected chi connectivity index (χ0v) is 10.2. The number of hydrogen-bond acceptors (Lipinski definition) is 5. The number of para-hydroxylation sites is 1. The van der Waals surface area contributed by atoms with Crippen LogP contribution in [0.1, 0.15) is 23.2 Å². The van der Waals surface area contributed by atoms with Crippen molar-refractivity contribution in [3.63, 3.8) is 0 Å². The molecule has 1 unspecified atom stereocenters. The van der Waals surface area contributed by atoms with Crippen molar-refractivity contribution in [1.29, 1.82) is 0 Å². The maximum atomic E-state index is 5.29. The minimum atomic E-state index is 0.234. The quantitative estimate of drug-likeness (QED) is 0.895. The molecule has 0 spiro atoms. The van der Waals surface area contributed by atoms with Crippen molar-refractivity contribution < 1.29 is 9.26 Å². The number of aromatic nitrogens is 2. The van der Waals surface area contributed by atoms with Crippen LogP contribution in [-0.4, -0.2) is 23.8 Å². The summed E-state index contributed by atoms with van der Waals surface area (Å²) in [6.45, 7) is 1.21. The summed E-state index contributed by atoms with van der Waals surface area (Å²) in [5.74, 6) is 1.52. The van der Waals surface area contributed by atoms with Gasteiger partial charge in [-0.2, -0.15) is 4.98 Å². The standard InChI is InChI=1S/C13H15N3O2/c1-17-8-12-15-13(18-16-12)10-6-9-4-2-3-5-11(9)14-7-10/h2-5,10,14H,6-8H2,1H3. The third-order valence-electron chi connectivity index (χ3n) is 3.13. The first-order chi connectivity index (χ1) is 8.86. The monoisotopic (exact) mass is 245 g/mol. The molecule has 0 saturated heterocycles. The van der Waals surface area contributed by atoms with Crippen LogP contribution >= 0.6 is 0 Å². The predicted octanol–water partition coefficient (Wildman–Crippen LogP) is 1.97. The fourth-order valence-corrected chi connectivity index (χ4v) is 2.24. The molecule has 0 aliphatic carbocycles. The van der Waals surface area contributed by atoms with Crippen LogP contribution in [0.5, 0.6) is 0 Å². The summed E-state index contributed by atoms with van der Waals surface area (Å²) >= 11 is 0. The number of anilines is 1. The average Bonchev–Trinajstić information content (AvgIpc) is 2.87. The number of benzene rings is 1. The Labute approximate surface area is 105 Å². The second kappa shape index (κ2) is 4.78. The van der Waals surface area contributed by atoms with Crippen LogP contribution in [0.2, 0.25) is 0 Å². The Morgan fingerprint density at radius 1 is 1.44 bits per heavy atom. The molecule has 1 aliphatic rings. The molecule has 1 aromatic heterocycles. The summed E-state index contributed by atoms with van der Waals surface area (Å²) in [6, 6.07) is 8.30. The van der Waals surface area contributed by atoms with Crippen LogP contribution < -0.4 is 5.32 Å². The van der Waals surface area contributed by atoms with Crippen LogP contribution in [-0.2, 0) is 17.8 Å². The van der Waals surface area contributed by atoms with Gasteiger partial charge in [-0.05, 0) is 18.1 Å². The normalized spacial score (nSPS) is 18.2. The van der Waals surface area contributed by atoms with Gasteiger partial charge >= 0.3 is 0 Å². The first kappa shape index (κ1) is 11.2. The molecule has 1 atom stereocenters. The zero-order valence-electron chi connectivity index (χ0n) is 10.2. The highest BCUT2D eigenvalue weighted by atomic mass is 16.5. The van der Waals surface area contributed by atoms with E-state index < -0.39 is 0 Å². The van der Waals surface area contributed by atoms with Gasteiger partial charge < -0.3 is 14.6 Å². The molecule has 0 saturated carbocycles. The Hall–Kier alpha value is -1.88. The molecular formula is C13H15N3O2. The lowest BCUT2D eigenvalue weighted by Gasteiger charge is -2.23. The fourth-order valence-electron chi connectivity index (χ4n) is 2.24. The second-order valence-corrected chi connectivity index (χ2v) is 4.42. The van der Waals surface area contributed by atoms with Gasteiger partial charge in [0.25, 0.3) is 0 Å². The van der Waals surface area contributed by atoms with E-state index in [9.17, 15) is 0 Å². The molecule has 18 heavy (non-hydrogen) atoms. The molecule has 2 aromatic rings. The van der Waals surface area contributed by atoms with Crippen molar-refractivity contribution in [2.45, 2.75) is 18.9 Å². The minimum Gasteiger partial charge on any atom is -0.384 e. The molecule has 1 N–H and O–H groups in total. The van der Waals surface area contributed by atoms with E-state index in [1.165, 1.54) is 11.3 Å². The maximum Gasteiger partial charge on any atom is 0.231 e. The lowest BCUT2D eigenvalue weighted by Crippen LogP contribution is -2.21. The van der Waals surface area contributed by atoms with Gasteiger partial charge in [0.1, 0.15) is 6.61 Å². The number of hydrogen-bond donors (Lipinski definition) is 1. The summed E-state index contributed by atoms with van der Waals surface area (Å²) in [7, 11) is 1.62. The molecule has 0 fully saturated rings. The molecule has 1 aromatic carbocycles. The average molecular weight is 245 g/mol. The highest BCUT2D eigenvalue weighted by Crippen LogP contribution is 2.29. The van der Waals surface area contributed by atoms with Crippen LogP contribution in [0.3, 0.4) is 0 Å². The number of nitrogens with zero attached hydrogens (tertiary/aromatic N) is 2. The van der Waals surface area contributed by atoms with Gasteiger partial charge in [0, 0.05) is 19.3 Å². The van der Waals surface area contributed by atoms with Gasteiger partial charge in [-0.25, -0.2) is 0 Å². The molecule has 3 rings (SSSR count). The Kier molecular flexibility index (Phi) is 2.98. The molecule has 2 heterocycles. The summed E-state index contributed by atoms with van der Waals surface area (Å²) in [6.07, 6.45) is 0.928. The molecular weight excluding hydrogens is 230 g/mol. The molecule has 0 amide bonds. The van der Waals surface area contributed by atoms with E-state index in [4.69, 9.17) is 9.26 Å². The number of nitrogens with one attached hydrogen (secondary N) is 1. The summed E-state index contributed by atoms with van der Waals surface area (Å²) in [5.41, 5.74) is 2.49. The lowest BCUT2D eigenvalue weighted by atomic mass is 9.94. The number of methoxy groups -OCH3 is 1. The van der Waals surface area contributed by atoms with E-state index in [-0.39, 0.29) is 5.92 Å². The highest BCUT2D eigenvalue weighted by Gasteiger charge is 2.24. The number of fused-ring (bicyclic) bond motifs is 1. The third kappa shape index (κ3) is 2.09. The van der Waals surface area contributed by atoms with E-state index in [1.807, 2.05) is 12.1 Å². The molecule has 5 heteroatoms. The van der Waals surface area contributed by atoms with Crippen molar-refractivity contribution in [2.24, 2.45) is 0 Å². The Morgan fingerprint density at radius 3 is 3.22 bits per heavy atom. The Balaban J connectivity index is 1.78. The van der Waals surface area contributed by atoms with Crippen molar-refractivity contribution in [1.82, 2.24) is 10.1 Å². The number of rotatable bonds is 3. The highest BCUT2D eigenvalue weighted by molar-refractivity contribution is 5.53. The van der Waals surface area contributed by atoms with Gasteiger partial charge in [-0.15, -0.1) is 0 Å². The SMILES string of the molecule is COCc1noc(C2CNc3ccccc3C2)n1. The van der Waals surface area contributed by atoms with E-state index in [1.54, 1.807) is 7.11 Å². The van der Waals surface area contributed by atoms with E-state index in [0.717, 1.165) is 13.0 Å². The van der Waals surface area contributed by atoms with Crippen LogP contribution in [0, 0.1) is 0 Å². The fraction of sp³-hybridized carbons (Fsp3) is 0.385. The molecule has 1 aliphatic heterocycles. The zero-order chi connectivity index (χ0) is 12.4. The van der Waals surface area contributed by atoms with Gasteiger partial charge in [-0.3, -0.25) is 0 Å². The minimum absolute atomic E-state index is 0.234. The smallest absolute Gasteiger partial charge is 0.231 e. The van der Waals surface area contributed by atoms with Crippen LogP contribution in [0.15, 0.2) is 28.8 Å². The summed E-state index contributed by atoms with van der Waals surface area (Å²) in [5, 5.41) is 7.29. The van der Waals surface area contributed by atoms with Crippen LogP contribution in [0.25, 0.3) is 0 Å². The predicted molar refractivity (Wildman–Crippen MR) is 66.4 cm³/mol. The maximum absolute atomic E-state index is 5.29. The first-order valence-corrected chi connectivity index (χ1v) is 6.00. The lowest BCUT2D eigenvalue weighted by molar-refractivity contribution is 0.174. The Bertz CT molecular complexity index is 539. The summed E-state index contributed by atoms with van der Waals surface area (Å²) < 4.78 is 10.3. The molecule has 5 nitrogen and oxygen atoms in total. The van der Waals surface area contributed by atoms with Gasteiger partial charge in [0.15, 0.2) is 5.82 Å². The van der Waals surface area contributed by atoms with Crippen molar-refractivity contribution >= 4 is 5.69 Å². The first-order valence-electron chi connectivity index (χ1n) is 6.00. The molecule has 0 radical (unpaired) electrons. The van der Waals surface area contributed by atoms with Gasteiger partial charge in [0.05, 0.1) is 5.92 Å². The van der Waals surface area contributed by atoms with E-state index in [2.05, 4.69) is 27.6 Å². The van der Waals surface area contributed by atoms with Gasteiger partial charge in [0.2, 0.25) is 5.89 Å². The van der Waals surface area contributed by atoms with Crippen molar-refractivity contribution in [2.75, 3.05) is 19.0 Å². The van der Waals surface area contributed by atoms with Crippen molar-refractivity contribution in [3.8, 4) is 0 Å². The third-order valence-corrected chi connectivity index (χ3v) is 3.13. The van der Waals surface area contributed by atoms with E-state index >= 15 is 0 Å². The van der Waals surface area contributed by atoms with E-state index in [0.29, 0.717) is 18.3 Å². The topological polar surface area (TPSA) is 60.2 Å². The van der Waals surface area contributed by atoms with Crippen molar-refractivity contribution in [3.05, 3.63) is 41.5 Å². The second-order valence-electron chi connectivity index (χ2n) is 4.42. The number of ether oxygens (including phenoxy) is 1. The van der Waals surface area contributed by atoms with Gasteiger partial charge in [-0.1, -0.05) is 23.4 Å². The largest absolute Gasteiger partial charge is 0.384 e. The molecule has 94 valence electrons. The summed E-state index contributed by atoms with van der Waals surface area (Å²) in [4.78, 5) is 4.35. The molecule has 0 bridgehead atoms. The van der Waals surface area contributed by atoms with Crippen LogP contribution in [0.4, 0.5) is 5.69 Å².